The molecule has 0 amide bonds. The number of sulfonamides is 1. The molecule has 7 heteroatoms. The number of nitrogens with one attached hydrogen (secondary N) is 1. The second kappa shape index (κ2) is 5.77. The van der Waals surface area contributed by atoms with Gasteiger partial charge in [-0.05, 0) is 33.2 Å². The third-order valence-electron chi connectivity index (χ3n) is 2.01. The first kappa shape index (κ1) is 14.4. The fourth-order valence-electron chi connectivity index (χ4n) is 1.44. The van der Waals surface area contributed by atoms with Crippen molar-refractivity contribution in [2.75, 3.05) is 20.6 Å². The van der Waals surface area contributed by atoms with E-state index in [0.717, 1.165) is 0 Å². The molecule has 0 fully saturated rings. The van der Waals surface area contributed by atoms with E-state index in [4.69, 9.17) is 11.6 Å². The van der Waals surface area contributed by atoms with Crippen LogP contribution in [0.3, 0.4) is 0 Å². The summed E-state index contributed by atoms with van der Waals surface area (Å²) >= 11 is 5.60. The molecule has 1 rings (SSSR count). The van der Waals surface area contributed by atoms with E-state index in [2.05, 4.69) is 9.71 Å². The van der Waals surface area contributed by atoms with Gasteiger partial charge in [0.1, 0.15) is 10.0 Å². The van der Waals surface area contributed by atoms with E-state index >= 15 is 0 Å². The molecule has 0 aromatic carbocycles. The molecule has 0 bridgehead atoms. The fourth-order valence-corrected chi connectivity index (χ4v) is 2.73. The van der Waals surface area contributed by atoms with Crippen molar-refractivity contribution in [1.29, 1.82) is 0 Å². The van der Waals surface area contributed by atoms with Crippen molar-refractivity contribution in [3.8, 4) is 0 Å². The molecule has 1 atom stereocenters. The molecule has 17 heavy (non-hydrogen) atoms. The molecule has 0 aliphatic rings. The van der Waals surface area contributed by atoms with Crippen LogP contribution in [0.15, 0.2) is 23.2 Å². The van der Waals surface area contributed by atoms with Crippen molar-refractivity contribution in [2.45, 2.75) is 17.9 Å². The lowest BCUT2D eigenvalue weighted by atomic mass is 10.3. The first-order chi connectivity index (χ1) is 7.81. The van der Waals surface area contributed by atoms with Crippen LogP contribution in [0, 0.1) is 0 Å². The molecular formula is C10H16ClN3O2S. The molecule has 0 saturated carbocycles. The van der Waals surface area contributed by atoms with Crippen LogP contribution < -0.4 is 4.72 Å². The Morgan fingerprint density at radius 3 is 2.59 bits per heavy atom. The monoisotopic (exact) mass is 277 g/mol. The third-order valence-corrected chi connectivity index (χ3v) is 3.80. The number of nitrogens with zero attached hydrogens (tertiary/aromatic N) is 2. The number of likely N-dealkylation sites (N-methyl/N-ethyl adjacent to an activating group) is 1. The van der Waals surface area contributed by atoms with Crippen LogP contribution in [0.1, 0.15) is 6.92 Å². The van der Waals surface area contributed by atoms with Crippen LogP contribution in [0.4, 0.5) is 0 Å². The number of aromatic nitrogens is 1. The van der Waals surface area contributed by atoms with Gasteiger partial charge in [0.2, 0.25) is 10.0 Å². The van der Waals surface area contributed by atoms with Gasteiger partial charge < -0.3 is 4.90 Å². The Morgan fingerprint density at radius 1 is 1.47 bits per heavy atom. The van der Waals surface area contributed by atoms with Crippen molar-refractivity contribution in [3.63, 3.8) is 0 Å². The predicted octanol–water partition coefficient (Wildman–Crippen LogP) is 0.963. The summed E-state index contributed by atoms with van der Waals surface area (Å²) in [6.45, 7) is 2.43. The summed E-state index contributed by atoms with van der Waals surface area (Å²) in [4.78, 5) is 5.78. The number of hydrogen-bond donors (Lipinski definition) is 1. The lowest BCUT2D eigenvalue weighted by Gasteiger charge is -2.18. The Labute approximate surface area is 107 Å². The van der Waals surface area contributed by atoms with Crippen molar-refractivity contribution in [3.05, 3.63) is 23.5 Å². The Bertz CT molecular complexity index is 459. The van der Waals surface area contributed by atoms with Crippen LogP contribution in [0.2, 0.25) is 5.15 Å². The molecule has 96 valence electrons. The molecule has 0 aliphatic heterocycles. The average molecular weight is 278 g/mol. The highest BCUT2D eigenvalue weighted by atomic mass is 35.5. The van der Waals surface area contributed by atoms with E-state index in [9.17, 15) is 8.42 Å². The molecule has 0 radical (unpaired) electrons. The third kappa shape index (κ3) is 4.59. The Morgan fingerprint density at radius 2 is 2.12 bits per heavy atom. The SMILES string of the molecule is CC(CN(C)C)NS(=O)(=O)c1ccc(Cl)nc1. The van der Waals surface area contributed by atoms with Crippen molar-refractivity contribution >= 4 is 21.6 Å². The van der Waals surface area contributed by atoms with Gasteiger partial charge in [-0.2, -0.15) is 0 Å². The molecule has 1 heterocycles. The summed E-state index contributed by atoms with van der Waals surface area (Å²) in [6.07, 6.45) is 1.24. The minimum Gasteiger partial charge on any atom is -0.308 e. The maximum Gasteiger partial charge on any atom is 0.242 e. The number of halogens is 1. The van der Waals surface area contributed by atoms with Crippen molar-refractivity contribution < 1.29 is 8.42 Å². The van der Waals surface area contributed by atoms with E-state index in [1.54, 1.807) is 6.92 Å². The smallest absolute Gasteiger partial charge is 0.242 e. The fraction of sp³-hybridized carbons (Fsp3) is 0.500. The van der Waals surface area contributed by atoms with Crippen LogP contribution in [0.25, 0.3) is 0 Å². The van der Waals surface area contributed by atoms with E-state index in [1.807, 2.05) is 19.0 Å². The zero-order valence-corrected chi connectivity index (χ0v) is 11.6. The van der Waals surface area contributed by atoms with E-state index in [-0.39, 0.29) is 16.1 Å². The highest BCUT2D eigenvalue weighted by molar-refractivity contribution is 7.89. The number of hydrogen-bond acceptors (Lipinski definition) is 4. The van der Waals surface area contributed by atoms with Crippen LogP contribution in [-0.2, 0) is 10.0 Å². The highest BCUT2D eigenvalue weighted by Crippen LogP contribution is 2.11. The zero-order valence-electron chi connectivity index (χ0n) is 10.0. The van der Waals surface area contributed by atoms with Crippen molar-refractivity contribution in [2.24, 2.45) is 0 Å². The Balaban J connectivity index is 2.78. The summed E-state index contributed by atoms with van der Waals surface area (Å²) in [7, 11) is 0.247. The van der Waals surface area contributed by atoms with Crippen LogP contribution in [-0.4, -0.2) is 45.0 Å². The summed E-state index contributed by atoms with van der Waals surface area (Å²) < 4.78 is 26.4. The Hall–Kier alpha value is -0.690. The molecule has 0 saturated heterocycles. The molecule has 1 N–H and O–H groups in total. The van der Waals surface area contributed by atoms with Gasteiger partial charge in [0, 0.05) is 18.8 Å². The van der Waals surface area contributed by atoms with Gasteiger partial charge in [0.25, 0.3) is 0 Å². The molecular weight excluding hydrogens is 262 g/mol. The lowest BCUT2D eigenvalue weighted by molar-refractivity contribution is 0.370. The molecule has 1 aromatic heterocycles. The number of rotatable bonds is 5. The van der Waals surface area contributed by atoms with Crippen LogP contribution >= 0.6 is 11.6 Å². The molecule has 0 aliphatic carbocycles. The minimum atomic E-state index is -3.52. The second-order valence-electron chi connectivity index (χ2n) is 4.10. The Kier molecular flexibility index (Phi) is 4.88. The van der Waals surface area contributed by atoms with Gasteiger partial charge in [0.15, 0.2) is 0 Å². The van der Waals surface area contributed by atoms with E-state index < -0.39 is 10.0 Å². The van der Waals surface area contributed by atoms with Crippen molar-refractivity contribution in [1.82, 2.24) is 14.6 Å². The van der Waals surface area contributed by atoms with Gasteiger partial charge in [-0.3, -0.25) is 0 Å². The van der Waals surface area contributed by atoms with Gasteiger partial charge in [-0.25, -0.2) is 18.1 Å². The predicted molar refractivity (Wildman–Crippen MR) is 67.6 cm³/mol. The second-order valence-corrected chi connectivity index (χ2v) is 6.20. The first-order valence-corrected chi connectivity index (χ1v) is 6.96. The maximum absolute atomic E-state index is 11.9. The van der Waals surface area contributed by atoms with Crippen LogP contribution in [0.5, 0.6) is 0 Å². The summed E-state index contributed by atoms with van der Waals surface area (Å²) in [5, 5.41) is 0.269. The van der Waals surface area contributed by atoms with Gasteiger partial charge >= 0.3 is 0 Å². The lowest BCUT2D eigenvalue weighted by Crippen LogP contribution is -2.39. The molecule has 1 aromatic rings. The molecule has 1 unspecified atom stereocenters. The first-order valence-electron chi connectivity index (χ1n) is 5.10. The largest absolute Gasteiger partial charge is 0.308 e. The van der Waals surface area contributed by atoms with Gasteiger partial charge in [-0.1, -0.05) is 11.6 Å². The molecule has 5 nitrogen and oxygen atoms in total. The summed E-state index contributed by atoms with van der Waals surface area (Å²) in [5.41, 5.74) is 0. The summed E-state index contributed by atoms with van der Waals surface area (Å²) in [5.74, 6) is 0. The van der Waals surface area contributed by atoms with E-state index in [0.29, 0.717) is 6.54 Å². The average Bonchev–Trinajstić information content (AvgIpc) is 2.15. The summed E-state index contributed by atoms with van der Waals surface area (Å²) in [6, 6.07) is 2.71. The zero-order chi connectivity index (χ0) is 13.1. The topological polar surface area (TPSA) is 62.3 Å². The number of pyridine rings is 1. The normalized spacial score (nSPS) is 13.9. The maximum atomic E-state index is 11.9. The van der Waals surface area contributed by atoms with Gasteiger partial charge in [0.05, 0.1) is 0 Å². The minimum absolute atomic E-state index is 0.118. The van der Waals surface area contributed by atoms with E-state index in [1.165, 1.54) is 18.3 Å². The van der Waals surface area contributed by atoms with Gasteiger partial charge in [-0.15, -0.1) is 0 Å². The quantitative estimate of drug-likeness (QED) is 0.815. The highest BCUT2D eigenvalue weighted by Gasteiger charge is 2.17. The standard InChI is InChI=1S/C10H16ClN3O2S/c1-8(7-14(2)3)13-17(15,16)9-4-5-10(11)12-6-9/h4-6,8,13H,7H2,1-3H3. The molecule has 0 spiro atoms.